The fraction of sp³-hybridized carbons (Fsp3) is 0.333. The lowest BCUT2D eigenvalue weighted by Crippen LogP contribution is -2.36. The highest BCUT2D eigenvalue weighted by Crippen LogP contribution is 2.21. The molecule has 25 heavy (non-hydrogen) atoms. The van der Waals surface area contributed by atoms with Gasteiger partial charge in [0, 0.05) is 43.7 Å². The summed E-state index contributed by atoms with van der Waals surface area (Å²) in [5.41, 5.74) is 1.90. The van der Waals surface area contributed by atoms with Crippen LogP contribution in [0.15, 0.2) is 35.3 Å². The molecule has 0 bridgehead atoms. The maximum absolute atomic E-state index is 14.0. The van der Waals surface area contributed by atoms with E-state index in [-0.39, 0.29) is 11.1 Å². The summed E-state index contributed by atoms with van der Waals surface area (Å²) >= 11 is 0. The van der Waals surface area contributed by atoms with Crippen molar-refractivity contribution in [2.45, 2.75) is 6.92 Å². The summed E-state index contributed by atoms with van der Waals surface area (Å²) in [7, 11) is 1.61. The van der Waals surface area contributed by atoms with Crippen LogP contribution in [-0.4, -0.2) is 36.8 Å². The maximum atomic E-state index is 14.0. The Hall–Kier alpha value is -2.67. The number of aryl methyl sites for hydroxylation is 2. The van der Waals surface area contributed by atoms with Crippen molar-refractivity contribution in [3.05, 3.63) is 57.8 Å². The number of benzene rings is 1. The quantitative estimate of drug-likeness (QED) is 0.923. The van der Waals surface area contributed by atoms with E-state index in [1.54, 1.807) is 26.2 Å². The number of hydrogen-bond donors (Lipinski definition) is 1. The summed E-state index contributed by atoms with van der Waals surface area (Å²) < 4.78 is 20.7. The second-order valence-electron chi connectivity index (χ2n) is 6.07. The third-order valence-electron chi connectivity index (χ3n) is 4.20. The molecule has 0 saturated carbocycles. The molecule has 132 valence electrons. The Balaban J connectivity index is 1.86. The van der Waals surface area contributed by atoms with Crippen LogP contribution in [0.4, 0.5) is 15.8 Å². The third-order valence-corrected chi connectivity index (χ3v) is 4.20. The Morgan fingerprint density at radius 1 is 1.20 bits per heavy atom. The van der Waals surface area contributed by atoms with Gasteiger partial charge in [0.05, 0.1) is 18.9 Å². The lowest BCUT2D eigenvalue weighted by Gasteiger charge is -2.29. The van der Waals surface area contributed by atoms with E-state index in [4.69, 9.17) is 4.74 Å². The van der Waals surface area contributed by atoms with E-state index < -0.39 is 11.7 Å². The molecule has 6 nitrogen and oxygen atoms in total. The van der Waals surface area contributed by atoms with E-state index in [1.807, 2.05) is 4.90 Å². The Morgan fingerprint density at radius 2 is 1.92 bits per heavy atom. The first kappa shape index (κ1) is 17.2. The number of nitrogens with zero attached hydrogens (tertiary/aromatic N) is 2. The Kier molecular flexibility index (Phi) is 4.85. The van der Waals surface area contributed by atoms with E-state index in [1.165, 1.54) is 22.8 Å². The number of morpholine rings is 1. The predicted molar refractivity (Wildman–Crippen MR) is 93.8 cm³/mol. The first-order valence-electron chi connectivity index (χ1n) is 8.06. The average Bonchev–Trinajstić information content (AvgIpc) is 2.60. The summed E-state index contributed by atoms with van der Waals surface area (Å²) in [6, 6.07) is 5.73. The van der Waals surface area contributed by atoms with Gasteiger partial charge in [0.2, 0.25) is 0 Å². The van der Waals surface area contributed by atoms with Gasteiger partial charge in [0.15, 0.2) is 0 Å². The lowest BCUT2D eigenvalue weighted by molar-refractivity contribution is 0.102. The number of rotatable bonds is 3. The van der Waals surface area contributed by atoms with Gasteiger partial charge >= 0.3 is 0 Å². The zero-order valence-corrected chi connectivity index (χ0v) is 14.2. The number of carbonyl (C=O) groups is 1. The molecule has 0 atom stereocenters. The van der Waals surface area contributed by atoms with Crippen LogP contribution in [0.25, 0.3) is 0 Å². The molecule has 1 fully saturated rings. The van der Waals surface area contributed by atoms with Gasteiger partial charge in [-0.05, 0) is 30.7 Å². The molecular formula is C18H20FN3O3. The van der Waals surface area contributed by atoms with Crippen LogP contribution in [0.5, 0.6) is 0 Å². The van der Waals surface area contributed by atoms with Gasteiger partial charge in [-0.15, -0.1) is 0 Å². The molecule has 1 aliphatic rings. The normalized spacial score (nSPS) is 14.4. The molecular weight excluding hydrogens is 325 g/mol. The second-order valence-corrected chi connectivity index (χ2v) is 6.07. The molecule has 1 aliphatic heterocycles. The van der Waals surface area contributed by atoms with E-state index >= 15 is 0 Å². The van der Waals surface area contributed by atoms with Crippen molar-refractivity contribution in [2.24, 2.45) is 7.05 Å². The standard InChI is InChI=1S/C18H20FN3O3/c1-12-7-17(23)21(2)11-16(12)20-18(24)13-8-14(19)10-15(9-13)22-3-5-25-6-4-22/h7-11H,3-6H2,1-2H3,(H,20,24). The summed E-state index contributed by atoms with van der Waals surface area (Å²) in [4.78, 5) is 26.1. The number of nitrogens with one attached hydrogen (secondary N) is 1. The topological polar surface area (TPSA) is 63.6 Å². The number of anilines is 2. The van der Waals surface area contributed by atoms with Gasteiger partial charge < -0.3 is 19.5 Å². The summed E-state index contributed by atoms with van der Waals surface area (Å²) in [5.74, 6) is -0.887. The van der Waals surface area contributed by atoms with E-state index in [9.17, 15) is 14.0 Å². The van der Waals surface area contributed by atoms with E-state index in [0.29, 0.717) is 43.2 Å². The number of pyridine rings is 1. The summed E-state index contributed by atoms with van der Waals surface area (Å²) in [5, 5.41) is 2.74. The number of hydrogen-bond acceptors (Lipinski definition) is 4. The molecule has 1 aromatic carbocycles. The van der Waals surface area contributed by atoms with Crippen LogP contribution >= 0.6 is 0 Å². The number of aromatic nitrogens is 1. The van der Waals surface area contributed by atoms with Crippen molar-refractivity contribution in [3.8, 4) is 0 Å². The molecule has 2 aromatic rings. The highest BCUT2D eigenvalue weighted by Gasteiger charge is 2.16. The maximum Gasteiger partial charge on any atom is 0.255 e. The third kappa shape index (κ3) is 3.88. The lowest BCUT2D eigenvalue weighted by atomic mass is 10.1. The van der Waals surface area contributed by atoms with Crippen LogP contribution in [0.1, 0.15) is 15.9 Å². The van der Waals surface area contributed by atoms with Crippen LogP contribution in [-0.2, 0) is 11.8 Å². The van der Waals surface area contributed by atoms with E-state index in [2.05, 4.69) is 5.32 Å². The fourth-order valence-electron chi connectivity index (χ4n) is 2.76. The van der Waals surface area contributed by atoms with Crippen molar-refractivity contribution in [1.82, 2.24) is 4.57 Å². The largest absolute Gasteiger partial charge is 0.378 e. The molecule has 1 amide bonds. The molecule has 0 radical (unpaired) electrons. The minimum Gasteiger partial charge on any atom is -0.378 e. The van der Waals surface area contributed by atoms with Crippen LogP contribution in [0, 0.1) is 12.7 Å². The van der Waals surface area contributed by atoms with Crippen molar-refractivity contribution in [3.63, 3.8) is 0 Å². The van der Waals surface area contributed by atoms with Gasteiger partial charge in [-0.2, -0.15) is 0 Å². The van der Waals surface area contributed by atoms with E-state index in [0.717, 1.165) is 0 Å². The predicted octanol–water partition coefficient (Wildman–Crippen LogP) is 1.92. The van der Waals surface area contributed by atoms with Gasteiger partial charge in [-0.25, -0.2) is 4.39 Å². The first-order valence-corrected chi connectivity index (χ1v) is 8.06. The average molecular weight is 345 g/mol. The number of ether oxygens (including phenoxy) is 1. The minimum absolute atomic E-state index is 0.157. The van der Waals surface area contributed by atoms with Gasteiger partial charge in [-0.1, -0.05) is 0 Å². The van der Waals surface area contributed by atoms with Gasteiger partial charge in [0.1, 0.15) is 5.82 Å². The van der Waals surface area contributed by atoms with Crippen LogP contribution in [0.3, 0.4) is 0 Å². The summed E-state index contributed by atoms with van der Waals surface area (Å²) in [6.45, 7) is 4.21. The van der Waals surface area contributed by atoms with Gasteiger partial charge in [0.25, 0.3) is 11.5 Å². The molecule has 7 heteroatoms. The highest BCUT2D eigenvalue weighted by molar-refractivity contribution is 6.05. The minimum atomic E-state index is -0.466. The summed E-state index contributed by atoms with van der Waals surface area (Å²) in [6.07, 6.45) is 1.55. The van der Waals surface area contributed by atoms with Crippen LogP contribution < -0.4 is 15.8 Å². The van der Waals surface area contributed by atoms with Crippen molar-refractivity contribution in [2.75, 3.05) is 36.5 Å². The van der Waals surface area contributed by atoms with Crippen LogP contribution in [0.2, 0.25) is 0 Å². The molecule has 1 N–H and O–H groups in total. The molecule has 2 heterocycles. The zero-order chi connectivity index (χ0) is 18.0. The monoisotopic (exact) mass is 345 g/mol. The Bertz CT molecular complexity index is 857. The molecule has 0 aliphatic carbocycles. The molecule has 0 unspecified atom stereocenters. The number of halogens is 1. The molecule has 3 rings (SSSR count). The number of carbonyl (C=O) groups excluding carboxylic acids is 1. The SMILES string of the molecule is Cc1cc(=O)n(C)cc1NC(=O)c1cc(F)cc(N2CCOCC2)c1. The van der Waals surface area contributed by atoms with Crippen molar-refractivity contribution < 1.29 is 13.9 Å². The van der Waals surface area contributed by atoms with Crippen molar-refractivity contribution >= 4 is 17.3 Å². The van der Waals surface area contributed by atoms with Gasteiger partial charge in [-0.3, -0.25) is 9.59 Å². The Morgan fingerprint density at radius 3 is 2.64 bits per heavy atom. The second kappa shape index (κ2) is 7.06. The van der Waals surface area contributed by atoms with Crippen molar-refractivity contribution in [1.29, 1.82) is 0 Å². The molecule has 0 spiro atoms. The molecule has 1 saturated heterocycles. The number of amides is 1. The molecule has 1 aromatic heterocycles. The first-order chi connectivity index (χ1) is 11.9. The zero-order valence-electron chi connectivity index (χ0n) is 14.2. The fourth-order valence-corrected chi connectivity index (χ4v) is 2.76. The Labute approximate surface area is 144 Å². The smallest absolute Gasteiger partial charge is 0.255 e. The highest BCUT2D eigenvalue weighted by atomic mass is 19.1.